The number of aryl methyl sites for hydroxylation is 1. The summed E-state index contributed by atoms with van der Waals surface area (Å²) >= 11 is 0. The molecule has 8 nitrogen and oxygen atoms in total. The van der Waals surface area contributed by atoms with Gasteiger partial charge in [-0.1, -0.05) is 6.07 Å². The molecule has 0 saturated heterocycles. The van der Waals surface area contributed by atoms with E-state index < -0.39 is 11.9 Å². The van der Waals surface area contributed by atoms with Crippen molar-refractivity contribution in [2.45, 2.75) is 6.92 Å². The van der Waals surface area contributed by atoms with Crippen molar-refractivity contribution in [2.24, 2.45) is 0 Å². The van der Waals surface area contributed by atoms with Crippen molar-refractivity contribution in [3.05, 3.63) is 47.5 Å². The first-order chi connectivity index (χ1) is 11.0. The van der Waals surface area contributed by atoms with Crippen LogP contribution in [0.2, 0.25) is 0 Å². The van der Waals surface area contributed by atoms with Crippen LogP contribution >= 0.6 is 0 Å². The first-order valence-electron chi connectivity index (χ1n) is 6.61. The van der Waals surface area contributed by atoms with Crippen LogP contribution in [0.1, 0.15) is 26.5 Å². The summed E-state index contributed by atoms with van der Waals surface area (Å²) in [6.45, 7) is 1.88. The molecule has 0 aromatic carbocycles. The average molecular weight is 312 g/mol. The summed E-state index contributed by atoms with van der Waals surface area (Å²) in [6.07, 6.45) is 2.76. The maximum Gasteiger partial charge on any atom is 0.337 e. The Morgan fingerprint density at radius 2 is 2.04 bits per heavy atom. The van der Waals surface area contributed by atoms with E-state index in [9.17, 15) is 9.59 Å². The molecule has 0 aliphatic heterocycles. The maximum absolute atomic E-state index is 12.2. The second-order valence-electron chi connectivity index (χ2n) is 4.90. The molecule has 0 unspecified atom stereocenters. The molecule has 3 aromatic heterocycles. The van der Waals surface area contributed by atoms with Crippen LogP contribution in [0.5, 0.6) is 0 Å². The molecular weight excluding hydrogens is 300 g/mol. The van der Waals surface area contributed by atoms with E-state index in [1.54, 1.807) is 18.3 Å². The third kappa shape index (κ3) is 2.69. The highest BCUT2D eigenvalue weighted by molar-refractivity contribution is 6.10. The summed E-state index contributed by atoms with van der Waals surface area (Å²) < 4.78 is 5.36. The zero-order valence-electron chi connectivity index (χ0n) is 12.0. The summed E-state index contributed by atoms with van der Waals surface area (Å²) in [7, 11) is 0. The van der Waals surface area contributed by atoms with Crippen LogP contribution in [-0.4, -0.2) is 27.0 Å². The standard InChI is InChI=1S/C15H12N4O4/c1-7-2-3-10(17-5-7)19-14(20)13-11(16)12-9(23-13)4-8(6-18-12)15(21)22/h2-6H,16H2,1H3,(H,21,22)(H,17,19,20). The third-order valence-electron chi connectivity index (χ3n) is 3.17. The van der Waals surface area contributed by atoms with Crippen LogP contribution in [0, 0.1) is 6.92 Å². The predicted octanol–water partition coefficient (Wildman–Crippen LogP) is 2.06. The van der Waals surface area contributed by atoms with Crippen molar-refractivity contribution in [1.82, 2.24) is 9.97 Å². The van der Waals surface area contributed by atoms with Gasteiger partial charge in [0, 0.05) is 12.4 Å². The lowest BCUT2D eigenvalue weighted by Crippen LogP contribution is -2.13. The number of carbonyl (C=O) groups excluding carboxylic acids is 1. The minimum Gasteiger partial charge on any atom is -0.478 e. The van der Waals surface area contributed by atoms with Crippen molar-refractivity contribution >= 4 is 34.5 Å². The van der Waals surface area contributed by atoms with Gasteiger partial charge in [-0.25, -0.2) is 14.8 Å². The lowest BCUT2D eigenvalue weighted by atomic mass is 10.2. The number of nitrogens with two attached hydrogens (primary N) is 1. The molecule has 0 spiro atoms. The molecule has 8 heteroatoms. The number of carboxylic acid groups (broad SMARTS) is 1. The second kappa shape index (κ2) is 5.41. The molecular formula is C15H12N4O4. The number of aromatic carboxylic acids is 1. The second-order valence-corrected chi connectivity index (χ2v) is 4.90. The Bertz CT molecular complexity index is 915. The Labute approximate surface area is 130 Å². The number of nitrogen functional groups attached to an aromatic ring is 1. The van der Waals surface area contributed by atoms with Crippen molar-refractivity contribution in [3.8, 4) is 0 Å². The maximum atomic E-state index is 12.2. The van der Waals surface area contributed by atoms with E-state index >= 15 is 0 Å². The zero-order chi connectivity index (χ0) is 16.6. The Hall–Kier alpha value is -3.42. The number of fused-ring (bicyclic) bond motifs is 1. The molecule has 0 radical (unpaired) electrons. The molecule has 0 fully saturated rings. The summed E-state index contributed by atoms with van der Waals surface area (Å²) in [4.78, 5) is 31.2. The van der Waals surface area contributed by atoms with Gasteiger partial charge in [0.2, 0.25) is 5.76 Å². The van der Waals surface area contributed by atoms with Gasteiger partial charge in [0.1, 0.15) is 17.0 Å². The van der Waals surface area contributed by atoms with E-state index in [4.69, 9.17) is 15.3 Å². The molecule has 116 valence electrons. The Morgan fingerprint density at radius 3 is 2.70 bits per heavy atom. The van der Waals surface area contributed by atoms with Gasteiger partial charge in [-0.05, 0) is 24.6 Å². The van der Waals surface area contributed by atoms with Crippen molar-refractivity contribution in [2.75, 3.05) is 11.1 Å². The van der Waals surface area contributed by atoms with Gasteiger partial charge in [-0.3, -0.25) is 4.79 Å². The van der Waals surface area contributed by atoms with Gasteiger partial charge >= 0.3 is 5.97 Å². The number of furan rings is 1. The SMILES string of the molecule is Cc1ccc(NC(=O)c2oc3cc(C(=O)O)cnc3c2N)nc1. The summed E-state index contributed by atoms with van der Waals surface area (Å²) in [6, 6.07) is 4.71. The Kier molecular flexibility index (Phi) is 3.41. The van der Waals surface area contributed by atoms with Crippen molar-refractivity contribution in [3.63, 3.8) is 0 Å². The minimum absolute atomic E-state index is 0.0431. The summed E-state index contributed by atoms with van der Waals surface area (Å²) in [5.41, 5.74) is 7.16. The first-order valence-corrected chi connectivity index (χ1v) is 6.61. The van der Waals surface area contributed by atoms with Gasteiger partial charge in [0.05, 0.1) is 5.56 Å². The van der Waals surface area contributed by atoms with Crippen molar-refractivity contribution < 1.29 is 19.1 Å². The zero-order valence-corrected chi connectivity index (χ0v) is 12.0. The van der Waals surface area contributed by atoms with E-state index in [-0.39, 0.29) is 28.1 Å². The Balaban J connectivity index is 1.95. The molecule has 3 rings (SSSR count). The highest BCUT2D eigenvalue weighted by Gasteiger charge is 2.21. The smallest absolute Gasteiger partial charge is 0.337 e. The molecule has 3 aromatic rings. The molecule has 3 heterocycles. The fourth-order valence-corrected chi connectivity index (χ4v) is 2.00. The fraction of sp³-hybridized carbons (Fsp3) is 0.0667. The van der Waals surface area contributed by atoms with Crippen LogP contribution in [0.15, 0.2) is 35.0 Å². The van der Waals surface area contributed by atoms with E-state index in [1.165, 1.54) is 6.07 Å². The lowest BCUT2D eigenvalue weighted by Gasteiger charge is -2.02. The van der Waals surface area contributed by atoms with Crippen LogP contribution in [0.25, 0.3) is 11.1 Å². The number of rotatable bonds is 3. The number of nitrogens with zero attached hydrogens (tertiary/aromatic N) is 2. The van der Waals surface area contributed by atoms with E-state index in [2.05, 4.69) is 15.3 Å². The molecule has 1 amide bonds. The van der Waals surface area contributed by atoms with Crippen LogP contribution < -0.4 is 11.1 Å². The number of hydrogen-bond acceptors (Lipinski definition) is 6. The van der Waals surface area contributed by atoms with Gasteiger partial charge in [-0.2, -0.15) is 0 Å². The molecule has 0 aliphatic rings. The fourth-order valence-electron chi connectivity index (χ4n) is 2.00. The summed E-state index contributed by atoms with van der Waals surface area (Å²) in [5, 5.41) is 11.5. The van der Waals surface area contributed by atoms with Gasteiger partial charge in [0.25, 0.3) is 5.91 Å². The molecule has 23 heavy (non-hydrogen) atoms. The molecule has 4 N–H and O–H groups in total. The topological polar surface area (TPSA) is 131 Å². The van der Waals surface area contributed by atoms with Crippen LogP contribution in [0.4, 0.5) is 11.5 Å². The largest absolute Gasteiger partial charge is 0.478 e. The van der Waals surface area contributed by atoms with Gasteiger partial charge in [0.15, 0.2) is 5.58 Å². The molecule has 0 atom stereocenters. The van der Waals surface area contributed by atoms with Gasteiger partial charge < -0.3 is 20.6 Å². The molecule has 0 aliphatic carbocycles. The molecule has 0 bridgehead atoms. The number of nitrogens with one attached hydrogen (secondary N) is 1. The normalized spacial score (nSPS) is 10.7. The monoisotopic (exact) mass is 312 g/mol. The van der Waals surface area contributed by atoms with E-state index in [0.717, 1.165) is 11.8 Å². The first kappa shape index (κ1) is 14.5. The number of anilines is 2. The van der Waals surface area contributed by atoms with E-state index in [0.29, 0.717) is 5.82 Å². The number of carbonyl (C=O) groups is 2. The van der Waals surface area contributed by atoms with Crippen LogP contribution in [-0.2, 0) is 0 Å². The number of carboxylic acids is 1. The van der Waals surface area contributed by atoms with Crippen molar-refractivity contribution in [1.29, 1.82) is 0 Å². The lowest BCUT2D eigenvalue weighted by molar-refractivity contribution is 0.0696. The average Bonchev–Trinajstić information content (AvgIpc) is 2.86. The number of hydrogen-bond donors (Lipinski definition) is 3. The van der Waals surface area contributed by atoms with E-state index in [1.807, 2.05) is 6.92 Å². The highest BCUT2D eigenvalue weighted by Crippen LogP contribution is 2.27. The quantitative estimate of drug-likeness (QED) is 0.674. The Morgan fingerprint density at radius 1 is 1.26 bits per heavy atom. The number of amides is 1. The summed E-state index contributed by atoms with van der Waals surface area (Å²) in [5.74, 6) is -1.53. The molecule has 0 saturated carbocycles. The van der Waals surface area contributed by atoms with Gasteiger partial charge in [-0.15, -0.1) is 0 Å². The third-order valence-corrected chi connectivity index (χ3v) is 3.17. The number of pyridine rings is 2. The highest BCUT2D eigenvalue weighted by atomic mass is 16.4. The number of aromatic nitrogens is 2. The van der Waals surface area contributed by atoms with Crippen LogP contribution in [0.3, 0.4) is 0 Å². The minimum atomic E-state index is -1.15. The predicted molar refractivity (Wildman–Crippen MR) is 82.3 cm³/mol.